The van der Waals surface area contributed by atoms with Crippen LogP contribution in [0, 0.1) is 11.3 Å². The molecule has 92 valence electrons. The van der Waals surface area contributed by atoms with E-state index < -0.39 is 5.82 Å². The molecule has 0 fully saturated rings. The minimum Gasteiger partial charge on any atom is -0.289 e. The first-order chi connectivity index (χ1) is 9.70. The zero-order valence-corrected chi connectivity index (χ0v) is 10.7. The number of ketones is 1. The van der Waals surface area contributed by atoms with E-state index in [0.29, 0.717) is 16.7 Å². The van der Waals surface area contributed by atoms with Gasteiger partial charge in [-0.1, -0.05) is 30.3 Å². The molecule has 1 unspecified atom stereocenters. The molecule has 3 rings (SSSR count). The molecule has 2 aromatic carbocycles. The highest BCUT2D eigenvalue weighted by Gasteiger charge is 2.31. The van der Waals surface area contributed by atoms with E-state index in [1.165, 1.54) is 0 Å². The van der Waals surface area contributed by atoms with Gasteiger partial charge in [-0.05, 0) is 46.8 Å². The number of nitriles is 1. The fourth-order valence-electron chi connectivity index (χ4n) is 2.44. The molecule has 0 N–H and O–H groups in total. The molecule has 0 spiro atoms. The van der Waals surface area contributed by atoms with Crippen molar-refractivity contribution in [2.75, 3.05) is 0 Å². The van der Waals surface area contributed by atoms with Gasteiger partial charge in [0.25, 0.3) is 0 Å². The second-order valence-corrected chi connectivity index (χ2v) is 4.73. The summed E-state index contributed by atoms with van der Waals surface area (Å²) in [4.78, 5) is 12.4. The first-order valence-corrected chi connectivity index (χ1v) is 6.31. The average Bonchev–Trinajstić information content (AvgIpc) is 2.73. The van der Waals surface area contributed by atoms with Crippen LogP contribution in [0.3, 0.4) is 0 Å². The zero-order chi connectivity index (χ0) is 14.1. The van der Waals surface area contributed by atoms with Gasteiger partial charge < -0.3 is 0 Å². The molecule has 20 heavy (non-hydrogen) atoms. The summed E-state index contributed by atoms with van der Waals surface area (Å²) < 4.78 is 0. The van der Waals surface area contributed by atoms with Crippen molar-refractivity contribution in [1.82, 2.24) is 0 Å². The van der Waals surface area contributed by atoms with Gasteiger partial charge >= 0.3 is 0 Å². The molecule has 0 aromatic heterocycles. The zero-order valence-electron chi connectivity index (χ0n) is 10.7. The number of rotatable bonds is 1. The van der Waals surface area contributed by atoms with E-state index in [1.54, 1.807) is 18.2 Å². The number of nitrogens with zero attached hydrogens (tertiary/aromatic N) is 1. The van der Waals surface area contributed by atoms with E-state index in [2.05, 4.69) is 6.07 Å². The second kappa shape index (κ2) is 4.83. The number of Topliss-reactive ketones (excluding diaryl/α,β-unsaturated/α-hetero) is 1. The van der Waals surface area contributed by atoms with Crippen LogP contribution in [0.1, 0.15) is 32.9 Å². The Balaban J connectivity index is 2.08. The van der Waals surface area contributed by atoms with Crippen LogP contribution in [0.25, 0.3) is 6.08 Å². The van der Waals surface area contributed by atoms with E-state index in [1.807, 2.05) is 36.4 Å². The molecule has 2 nitrogen and oxygen atoms in total. The second-order valence-electron chi connectivity index (χ2n) is 4.73. The van der Waals surface area contributed by atoms with Gasteiger partial charge in [0.15, 0.2) is 5.78 Å². The van der Waals surface area contributed by atoms with Gasteiger partial charge in [-0.3, -0.25) is 4.79 Å². The predicted octanol–water partition coefficient (Wildman–Crippen LogP) is 3.05. The van der Waals surface area contributed by atoms with Crippen LogP contribution in [0.5, 0.6) is 0 Å². The Morgan fingerprint density at radius 2 is 1.90 bits per heavy atom. The summed E-state index contributed by atoms with van der Waals surface area (Å²) in [6, 6.07) is 16.7. The standard InChI is InChI=1S/C17H10BNO/c18-16-14-9-12(10-19)6-7-13(14)17(20)15(16)8-11-4-2-1-3-5-11/h1-9,16H/b15-8+. The molecule has 2 aromatic rings. The SMILES string of the molecule is [B]C1/C(=C\c2ccccc2)C(=O)c2ccc(C#N)cc21. The van der Waals surface area contributed by atoms with Crippen LogP contribution in [0.2, 0.25) is 0 Å². The Bertz CT molecular complexity index is 756. The van der Waals surface area contributed by atoms with Crippen molar-refractivity contribution in [3.05, 3.63) is 76.4 Å². The van der Waals surface area contributed by atoms with Crippen LogP contribution in [0.4, 0.5) is 0 Å². The molecule has 0 amide bonds. The summed E-state index contributed by atoms with van der Waals surface area (Å²) in [6.45, 7) is 0. The largest absolute Gasteiger partial charge is 0.289 e. The average molecular weight is 255 g/mol. The topological polar surface area (TPSA) is 40.9 Å². The molecule has 0 saturated carbocycles. The molecular weight excluding hydrogens is 245 g/mol. The van der Waals surface area contributed by atoms with Gasteiger partial charge in [-0.15, -0.1) is 0 Å². The van der Waals surface area contributed by atoms with E-state index in [0.717, 1.165) is 11.1 Å². The highest BCUT2D eigenvalue weighted by molar-refractivity contribution is 6.28. The molecule has 1 aliphatic carbocycles. The van der Waals surface area contributed by atoms with E-state index >= 15 is 0 Å². The molecule has 0 bridgehead atoms. The van der Waals surface area contributed by atoms with Gasteiger partial charge in [0, 0.05) is 5.56 Å². The molecule has 3 heteroatoms. The predicted molar refractivity (Wildman–Crippen MR) is 78.4 cm³/mol. The van der Waals surface area contributed by atoms with Gasteiger partial charge in [0.2, 0.25) is 0 Å². The number of hydrogen-bond acceptors (Lipinski definition) is 2. The van der Waals surface area contributed by atoms with Crippen molar-refractivity contribution >= 4 is 19.7 Å². The Morgan fingerprint density at radius 1 is 1.15 bits per heavy atom. The maximum absolute atomic E-state index is 12.4. The summed E-state index contributed by atoms with van der Waals surface area (Å²) in [5.74, 6) is -0.521. The van der Waals surface area contributed by atoms with Crippen LogP contribution in [0.15, 0.2) is 54.1 Å². The third kappa shape index (κ3) is 1.96. The number of carbonyl (C=O) groups is 1. The van der Waals surface area contributed by atoms with Crippen molar-refractivity contribution in [1.29, 1.82) is 5.26 Å². The van der Waals surface area contributed by atoms with Crippen molar-refractivity contribution < 1.29 is 4.79 Å². The van der Waals surface area contributed by atoms with Gasteiger partial charge in [0.1, 0.15) is 0 Å². The number of benzene rings is 2. The smallest absolute Gasteiger partial charge is 0.189 e. The highest BCUT2D eigenvalue weighted by atomic mass is 16.1. The van der Waals surface area contributed by atoms with Crippen LogP contribution < -0.4 is 0 Å². The van der Waals surface area contributed by atoms with Gasteiger partial charge in [0.05, 0.1) is 19.5 Å². The van der Waals surface area contributed by atoms with Gasteiger partial charge in [-0.25, -0.2) is 0 Å². The fourth-order valence-corrected chi connectivity index (χ4v) is 2.44. The molecule has 0 saturated heterocycles. The minimum atomic E-state index is -0.467. The van der Waals surface area contributed by atoms with Crippen LogP contribution in [-0.4, -0.2) is 13.6 Å². The normalized spacial score (nSPS) is 18.9. The van der Waals surface area contributed by atoms with E-state index in [9.17, 15) is 4.79 Å². The lowest BCUT2D eigenvalue weighted by molar-refractivity contribution is 0.104. The monoisotopic (exact) mass is 255 g/mol. The van der Waals surface area contributed by atoms with E-state index in [-0.39, 0.29) is 5.78 Å². The first-order valence-electron chi connectivity index (χ1n) is 6.31. The number of hydrogen-bond donors (Lipinski definition) is 0. The summed E-state index contributed by atoms with van der Waals surface area (Å²) in [5.41, 5.74) is 3.36. The van der Waals surface area contributed by atoms with Crippen molar-refractivity contribution in [2.45, 2.75) is 5.82 Å². The lowest BCUT2D eigenvalue weighted by Crippen LogP contribution is -1.99. The molecular formula is C17H10BNO. The highest BCUT2D eigenvalue weighted by Crippen LogP contribution is 2.36. The Hall–Kier alpha value is -2.60. The van der Waals surface area contributed by atoms with Crippen molar-refractivity contribution in [2.24, 2.45) is 0 Å². The Morgan fingerprint density at radius 3 is 2.60 bits per heavy atom. The summed E-state index contributed by atoms with van der Waals surface area (Å²) in [6.07, 6.45) is 1.82. The Kier molecular flexibility index (Phi) is 3.00. The summed E-state index contributed by atoms with van der Waals surface area (Å²) in [5, 5.41) is 8.93. The summed E-state index contributed by atoms with van der Waals surface area (Å²) >= 11 is 0. The van der Waals surface area contributed by atoms with Crippen molar-refractivity contribution in [3.8, 4) is 6.07 Å². The van der Waals surface area contributed by atoms with Crippen molar-refractivity contribution in [3.63, 3.8) is 0 Å². The van der Waals surface area contributed by atoms with E-state index in [4.69, 9.17) is 13.1 Å². The maximum atomic E-state index is 12.4. The third-order valence-electron chi connectivity index (χ3n) is 3.48. The molecule has 1 aliphatic rings. The maximum Gasteiger partial charge on any atom is 0.189 e. The summed E-state index contributed by atoms with van der Waals surface area (Å²) in [7, 11) is 6.15. The number of allylic oxidation sites excluding steroid dienone is 1. The van der Waals surface area contributed by atoms with Crippen LogP contribution in [-0.2, 0) is 0 Å². The van der Waals surface area contributed by atoms with Crippen LogP contribution >= 0.6 is 0 Å². The molecule has 0 aliphatic heterocycles. The fraction of sp³-hybridized carbons (Fsp3) is 0.0588. The van der Waals surface area contributed by atoms with Gasteiger partial charge in [-0.2, -0.15) is 5.26 Å². The number of carbonyl (C=O) groups excluding carboxylic acids is 1. The first kappa shape index (κ1) is 12.4. The molecule has 2 radical (unpaired) electrons. The lowest BCUT2D eigenvalue weighted by atomic mass is 9.78. The molecule has 0 heterocycles. The quantitative estimate of drug-likeness (QED) is 0.580. The Labute approximate surface area is 118 Å². The third-order valence-corrected chi connectivity index (χ3v) is 3.48. The lowest BCUT2D eigenvalue weighted by Gasteiger charge is -2.06. The minimum absolute atomic E-state index is 0.0548. The number of fused-ring (bicyclic) bond motifs is 1. The molecule has 1 atom stereocenters.